The molecule has 0 aromatic carbocycles. The quantitative estimate of drug-likeness (QED) is 0.547. The van der Waals surface area contributed by atoms with Gasteiger partial charge in [-0.1, -0.05) is 32.3 Å². The van der Waals surface area contributed by atoms with E-state index in [1.165, 1.54) is 6.08 Å². The van der Waals surface area contributed by atoms with E-state index in [-0.39, 0.29) is 24.2 Å². The number of ether oxygens (including phenoxy) is 2. The molecule has 0 heterocycles. The molecular weight excluding hydrogens is 334 g/mol. The standard InChI is InChI=1S/C20H33NO5/c1-6-25-16(22)13-12-14(2)17(21-19(24)26-20(3,4)5)18(23)15-10-8-7-9-11-15/h12-15,17H,6-11H2,1-5H3,(H,21,24)/b13-12-. The van der Waals surface area contributed by atoms with E-state index in [9.17, 15) is 14.4 Å². The van der Waals surface area contributed by atoms with Gasteiger partial charge in [-0.2, -0.15) is 0 Å². The Hall–Kier alpha value is -1.85. The smallest absolute Gasteiger partial charge is 0.408 e. The number of ketones is 1. The molecule has 1 amide bonds. The first-order chi connectivity index (χ1) is 12.1. The van der Waals surface area contributed by atoms with Crippen LogP contribution < -0.4 is 5.32 Å². The molecule has 1 saturated carbocycles. The van der Waals surface area contributed by atoms with Crippen LogP contribution in [-0.4, -0.2) is 36.1 Å². The molecule has 0 spiro atoms. The van der Waals surface area contributed by atoms with Gasteiger partial charge in [0.05, 0.1) is 12.6 Å². The molecular formula is C20H33NO5. The van der Waals surface area contributed by atoms with Crippen molar-refractivity contribution in [2.24, 2.45) is 11.8 Å². The summed E-state index contributed by atoms with van der Waals surface area (Å²) in [5, 5.41) is 2.71. The molecule has 1 N–H and O–H groups in total. The van der Waals surface area contributed by atoms with E-state index < -0.39 is 23.7 Å². The van der Waals surface area contributed by atoms with Crippen LogP contribution in [0.5, 0.6) is 0 Å². The van der Waals surface area contributed by atoms with Crippen molar-refractivity contribution in [3.8, 4) is 0 Å². The fourth-order valence-electron chi connectivity index (χ4n) is 3.07. The van der Waals surface area contributed by atoms with E-state index in [1.54, 1.807) is 40.7 Å². The summed E-state index contributed by atoms with van der Waals surface area (Å²) in [5.41, 5.74) is -0.646. The van der Waals surface area contributed by atoms with Gasteiger partial charge in [0.2, 0.25) is 0 Å². The molecule has 26 heavy (non-hydrogen) atoms. The Morgan fingerprint density at radius 3 is 2.31 bits per heavy atom. The van der Waals surface area contributed by atoms with Crippen molar-refractivity contribution >= 4 is 17.8 Å². The maximum atomic E-state index is 13.0. The van der Waals surface area contributed by atoms with Crippen LogP contribution in [0, 0.1) is 11.8 Å². The van der Waals surface area contributed by atoms with Gasteiger partial charge in [-0.05, 0) is 40.5 Å². The van der Waals surface area contributed by atoms with Crippen molar-refractivity contribution in [2.45, 2.75) is 78.4 Å². The third-order valence-corrected chi connectivity index (χ3v) is 4.33. The van der Waals surface area contributed by atoms with Crippen LogP contribution in [0.1, 0.15) is 66.7 Å². The number of esters is 1. The van der Waals surface area contributed by atoms with Gasteiger partial charge in [0.1, 0.15) is 5.60 Å². The van der Waals surface area contributed by atoms with Crippen LogP contribution in [0.15, 0.2) is 12.2 Å². The number of carbonyl (C=O) groups is 3. The van der Waals surface area contributed by atoms with E-state index in [0.29, 0.717) is 0 Å². The van der Waals surface area contributed by atoms with Crippen molar-refractivity contribution in [1.82, 2.24) is 5.32 Å². The second-order valence-corrected chi connectivity index (χ2v) is 7.83. The van der Waals surface area contributed by atoms with Crippen LogP contribution in [0.4, 0.5) is 4.79 Å². The number of alkyl carbamates (subject to hydrolysis) is 1. The number of Topliss-reactive ketones (excluding diaryl/α,β-unsaturated/α-hetero) is 1. The van der Waals surface area contributed by atoms with Crippen molar-refractivity contribution in [2.75, 3.05) is 6.61 Å². The highest BCUT2D eigenvalue weighted by atomic mass is 16.6. The van der Waals surface area contributed by atoms with Gasteiger partial charge < -0.3 is 14.8 Å². The fraction of sp³-hybridized carbons (Fsp3) is 0.750. The Bertz CT molecular complexity index is 515. The van der Waals surface area contributed by atoms with Gasteiger partial charge in [-0.3, -0.25) is 4.79 Å². The highest BCUT2D eigenvalue weighted by Gasteiger charge is 2.33. The second kappa shape index (κ2) is 10.3. The largest absolute Gasteiger partial charge is 0.463 e. The van der Waals surface area contributed by atoms with E-state index in [4.69, 9.17) is 9.47 Å². The molecule has 2 atom stereocenters. The fourth-order valence-corrected chi connectivity index (χ4v) is 3.07. The number of hydrogen-bond donors (Lipinski definition) is 1. The highest BCUT2D eigenvalue weighted by Crippen LogP contribution is 2.27. The Morgan fingerprint density at radius 1 is 1.15 bits per heavy atom. The van der Waals surface area contributed by atoms with Crippen LogP contribution >= 0.6 is 0 Å². The average Bonchev–Trinajstić information content (AvgIpc) is 2.56. The summed E-state index contributed by atoms with van der Waals surface area (Å²) >= 11 is 0. The lowest BCUT2D eigenvalue weighted by Gasteiger charge is -2.29. The number of rotatable bonds is 7. The van der Waals surface area contributed by atoms with Gasteiger partial charge in [0.15, 0.2) is 5.78 Å². The molecule has 0 aliphatic heterocycles. The molecule has 0 bridgehead atoms. The molecule has 1 aliphatic rings. The van der Waals surface area contributed by atoms with Gasteiger partial charge in [-0.15, -0.1) is 0 Å². The number of carbonyl (C=O) groups excluding carboxylic acids is 3. The first-order valence-electron chi connectivity index (χ1n) is 9.52. The maximum Gasteiger partial charge on any atom is 0.408 e. The predicted molar refractivity (Wildman–Crippen MR) is 99.7 cm³/mol. The van der Waals surface area contributed by atoms with Crippen LogP contribution in [-0.2, 0) is 19.1 Å². The zero-order chi connectivity index (χ0) is 19.7. The lowest BCUT2D eigenvalue weighted by Crippen LogP contribution is -2.49. The van der Waals surface area contributed by atoms with Gasteiger partial charge in [0, 0.05) is 17.9 Å². The zero-order valence-corrected chi connectivity index (χ0v) is 16.7. The lowest BCUT2D eigenvalue weighted by atomic mass is 9.81. The van der Waals surface area contributed by atoms with Crippen LogP contribution in [0.2, 0.25) is 0 Å². The van der Waals surface area contributed by atoms with E-state index in [1.807, 2.05) is 0 Å². The first-order valence-corrected chi connectivity index (χ1v) is 9.52. The van der Waals surface area contributed by atoms with Crippen LogP contribution in [0.25, 0.3) is 0 Å². The minimum atomic E-state index is -0.723. The minimum absolute atomic E-state index is 0.0107. The summed E-state index contributed by atoms with van der Waals surface area (Å²) < 4.78 is 10.2. The zero-order valence-electron chi connectivity index (χ0n) is 16.7. The van der Waals surface area contributed by atoms with E-state index >= 15 is 0 Å². The Labute approximate surface area is 156 Å². The molecule has 2 unspecified atom stereocenters. The number of amides is 1. The molecule has 6 heteroatoms. The SMILES string of the molecule is CCOC(=O)/C=C\C(C)C(NC(=O)OC(C)(C)C)C(=O)C1CCCCC1. The number of hydrogen-bond acceptors (Lipinski definition) is 5. The molecule has 0 aromatic rings. The predicted octanol–water partition coefficient (Wildman–Crippen LogP) is 3.78. The summed E-state index contributed by atoms with van der Waals surface area (Å²) in [6, 6.07) is -0.723. The molecule has 6 nitrogen and oxygen atoms in total. The molecule has 148 valence electrons. The summed E-state index contributed by atoms with van der Waals surface area (Å²) in [7, 11) is 0. The monoisotopic (exact) mass is 367 g/mol. The Kier molecular flexibility index (Phi) is 8.82. The Morgan fingerprint density at radius 2 is 1.77 bits per heavy atom. The van der Waals surface area contributed by atoms with E-state index in [2.05, 4.69) is 5.32 Å². The summed E-state index contributed by atoms with van der Waals surface area (Å²) in [5.74, 6) is -0.847. The summed E-state index contributed by atoms with van der Waals surface area (Å²) in [4.78, 5) is 36.7. The van der Waals surface area contributed by atoms with E-state index in [0.717, 1.165) is 32.1 Å². The molecule has 0 radical (unpaired) electrons. The topological polar surface area (TPSA) is 81.7 Å². The summed E-state index contributed by atoms with van der Waals surface area (Å²) in [6.07, 6.45) is 7.20. The third kappa shape index (κ3) is 8.02. The summed E-state index contributed by atoms with van der Waals surface area (Å²) in [6.45, 7) is 9.14. The molecule has 0 saturated heterocycles. The lowest BCUT2D eigenvalue weighted by molar-refractivity contribution is -0.137. The van der Waals surface area contributed by atoms with Gasteiger partial charge >= 0.3 is 12.1 Å². The maximum absolute atomic E-state index is 13.0. The van der Waals surface area contributed by atoms with Crippen molar-refractivity contribution < 1.29 is 23.9 Å². The molecule has 0 aromatic heterocycles. The van der Waals surface area contributed by atoms with Crippen molar-refractivity contribution in [3.63, 3.8) is 0 Å². The third-order valence-electron chi connectivity index (χ3n) is 4.33. The van der Waals surface area contributed by atoms with Crippen molar-refractivity contribution in [3.05, 3.63) is 12.2 Å². The highest BCUT2D eigenvalue weighted by molar-refractivity contribution is 5.90. The van der Waals surface area contributed by atoms with Gasteiger partial charge in [-0.25, -0.2) is 9.59 Å². The van der Waals surface area contributed by atoms with Gasteiger partial charge in [0.25, 0.3) is 0 Å². The minimum Gasteiger partial charge on any atom is -0.463 e. The second-order valence-electron chi connectivity index (χ2n) is 7.83. The molecule has 1 rings (SSSR count). The first kappa shape index (κ1) is 22.2. The molecule has 1 fully saturated rings. The van der Waals surface area contributed by atoms with Crippen LogP contribution in [0.3, 0.4) is 0 Å². The average molecular weight is 367 g/mol. The van der Waals surface area contributed by atoms with Crippen molar-refractivity contribution in [1.29, 1.82) is 0 Å². The number of nitrogens with one attached hydrogen (secondary N) is 1. The normalized spacial score (nSPS) is 18.2. The Balaban J connectivity index is 2.87. The molecule has 1 aliphatic carbocycles.